The minimum absolute atomic E-state index is 0.126. The first-order valence-corrected chi connectivity index (χ1v) is 9.40. The smallest absolute Gasteiger partial charge is 0.192 e. The number of hydrogen-bond donors (Lipinski definition) is 2. The van der Waals surface area contributed by atoms with Crippen molar-refractivity contribution in [3.05, 3.63) is 77.1 Å². The third-order valence-corrected chi connectivity index (χ3v) is 6.02. The molecular formula is C22H22N2O2. The number of hydrogen-bond acceptors (Lipinski definition) is 2. The Bertz CT molecular complexity index is 1130. The van der Waals surface area contributed by atoms with Crippen molar-refractivity contribution < 1.29 is 0 Å². The van der Waals surface area contributed by atoms with Crippen molar-refractivity contribution in [2.24, 2.45) is 5.92 Å². The summed E-state index contributed by atoms with van der Waals surface area (Å²) in [5.41, 5.74) is 8.65. The molecule has 2 N–H and O–H groups in total. The van der Waals surface area contributed by atoms with E-state index in [2.05, 4.69) is 29.9 Å². The predicted octanol–water partition coefficient (Wildman–Crippen LogP) is 3.11. The molecule has 2 aromatic heterocycles. The Hall–Kier alpha value is -2.62. The molecule has 5 rings (SSSR count). The molecule has 2 heterocycles. The molecule has 0 amide bonds. The van der Waals surface area contributed by atoms with Crippen LogP contribution in [0.4, 0.5) is 0 Å². The zero-order valence-electron chi connectivity index (χ0n) is 15.2. The minimum atomic E-state index is 0.126. The zero-order valence-corrected chi connectivity index (χ0v) is 15.2. The SMILES string of the molecule is CC1=Cc2c([nH]c3c(c2=O)Cc2[nH]c4c(c(=O)c2C3)CC(C)C=C4)CC1. The van der Waals surface area contributed by atoms with Crippen LogP contribution in [0.25, 0.3) is 12.2 Å². The van der Waals surface area contributed by atoms with Gasteiger partial charge in [0.25, 0.3) is 0 Å². The maximum atomic E-state index is 13.1. The van der Waals surface area contributed by atoms with E-state index in [1.54, 1.807) is 0 Å². The Morgan fingerprint density at radius 2 is 1.65 bits per heavy atom. The van der Waals surface area contributed by atoms with Gasteiger partial charge >= 0.3 is 0 Å². The van der Waals surface area contributed by atoms with Gasteiger partial charge in [-0.1, -0.05) is 24.6 Å². The van der Waals surface area contributed by atoms with E-state index in [0.29, 0.717) is 18.8 Å². The summed E-state index contributed by atoms with van der Waals surface area (Å²) in [6, 6.07) is 0. The molecule has 26 heavy (non-hydrogen) atoms. The van der Waals surface area contributed by atoms with Crippen molar-refractivity contribution in [3.8, 4) is 0 Å². The molecule has 0 aliphatic heterocycles. The van der Waals surface area contributed by atoms with Gasteiger partial charge < -0.3 is 9.97 Å². The van der Waals surface area contributed by atoms with Crippen LogP contribution >= 0.6 is 0 Å². The molecule has 132 valence electrons. The standard InChI is InChI=1S/C22H22N2O2/c1-11-3-5-17-13(7-11)21(25)15-9-20-16(10-19(15)23-17)22(26)14-8-12(2)4-6-18(14)24-20/h3,5,8,11H,4,6-7,9-10H2,1-2H3,(H,23,25)(H,24,26). The summed E-state index contributed by atoms with van der Waals surface area (Å²) in [6.45, 7) is 4.21. The van der Waals surface area contributed by atoms with Gasteiger partial charge in [-0.05, 0) is 38.2 Å². The number of aromatic nitrogens is 2. The fourth-order valence-electron chi connectivity index (χ4n) is 4.53. The monoisotopic (exact) mass is 346 g/mol. The van der Waals surface area contributed by atoms with Crippen LogP contribution in [0.1, 0.15) is 65.3 Å². The number of aromatic amines is 2. The lowest BCUT2D eigenvalue weighted by molar-refractivity contribution is 0.701. The lowest BCUT2D eigenvalue weighted by atomic mass is 9.85. The lowest BCUT2D eigenvalue weighted by Crippen LogP contribution is -2.31. The van der Waals surface area contributed by atoms with Crippen LogP contribution in [0.2, 0.25) is 0 Å². The lowest BCUT2D eigenvalue weighted by Gasteiger charge is -2.25. The van der Waals surface area contributed by atoms with E-state index in [0.717, 1.165) is 64.3 Å². The van der Waals surface area contributed by atoms with Crippen molar-refractivity contribution in [2.45, 2.75) is 46.0 Å². The van der Waals surface area contributed by atoms with Gasteiger partial charge in [-0.25, -0.2) is 0 Å². The normalized spacial score (nSPS) is 19.9. The van der Waals surface area contributed by atoms with Crippen LogP contribution in [0.3, 0.4) is 0 Å². The van der Waals surface area contributed by atoms with E-state index in [1.807, 2.05) is 12.2 Å². The van der Waals surface area contributed by atoms with Gasteiger partial charge in [0.1, 0.15) is 0 Å². The predicted molar refractivity (Wildman–Crippen MR) is 104 cm³/mol. The number of nitrogens with one attached hydrogen (secondary N) is 2. The maximum Gasteiger partial charge on any atom is 0.192 e. The van der Waals surface area contributed by atoms with Crippen molar-refractivity contribution in [1.29, 1.82) is 0 Å². The molecular weight excluding hydrogens is 324 g/mol. The van der Waals surface area contributed by atoms with Gasteiger partial charge in [-0.3, -0.25) is 9.59 Å². The van der Waals surface area contributed by atoms with E-state index >= 15 is 0 Å². The number of fused-ring (bicyclic) bond motifs is 4. The second-order valence-corrected chi connectivity index (χ2v) is 7.99. The van der Waals surface area contributed by atoms with Crippen LogP contribution < -0.4 is 10.9 Å². The molecule has 0 bridgehead atoms. The van der Waals surface area contributed by atoms with Gasteiger partial charge in [0.05, 0.1) is 0 Å². The molecule has 0 spiro atoms. The molecule has 3 aliphatic rings. The first kappa shape index (κ1) is 15.6. The van der Waals surface area contributed by atoms with Crippen LogP contribution in [-0.2, 0) is 25.7 Å². The summed E-state index contributed by atoms with van der Waals surface area (Å²) in [7, 11) is 0. The molecule has 0 saturated heterocycles. The summed E-state index contributed by atoms with van der Waals surface area (Å²) in [5.74, 6) is 0.388. The molecule has 1 atom stereocenters. The van der Waals surface area contributed by atoms with E-state index in [4.69, 9.17) is 0 Å². The topological polar surface area (TPSA) is 65.7 Å². The molecule has 4 heteroatoms. The Kier molecular flexibility index (Phi) is 3.27. The summed E-state index contributed by atoms with van der Waals surface area (Å²) < 4.78 is 0. The van der Waals surface area contributed by atoms with Crippen LogP contribution in [0.5, 0.6) is 0 Å². The molecule has 2 aromatic rings. The second-order valence-electron chi connectivity index (χ2n) is 7.99. The van der Waals surface area contributed by atoms with Crippen LogP contribution in [-0.4, -0.2) is 9.97 Å². The van der Waals surface area contributed by atoms with Crippen molar-refractivity contribution in [3.63, 3.8) is 0 Å². The third-order valence-electron chi connectivity index (χ3n) is 6.02. The Morgan fingerprint density at radius 3 is 2.46 bits per heavy atom. The van der Waals surface area contributed by atoms with Gasteiger partial charge in [0.2, 0.25) is 0 Å². The van der Waals surface area contributed by atoms with Crippen LogP contribution in [0, 0.1) is 5.92 Å². The molecule has 1 unspecified atom stereocenters. The van der Waals surface area contributed by atoms with Gasteiger partial charge in [-0.2, -0.15) is 0 Å². The summed E-state index contributed by atoms with van der Waals surface area (Å²) in [4.78, 5) is 33.1. The van der Waals surface area contributed by atoms with E-state index in [-0.39, 0.29) is 10.9 Å². The second kappa shape index (κ2) is 5.44. The van der Waals surface area contributed by atoms with E-state index in [1.165, 1.54) is 5.57 Å². The average molecular weight is 346 g/mol. The minimum Gasteiger partial charge on any atom is -0.361 e. The van der Waals surface area contributed by atoms with Gasteiger partial charge in [0.15, 0.2) is 10.9 Å². The third kappa shape index (κ3) is 2.21. The Morgan fingerprint density at radius 1 is 0.923 bits per heavy atom. The summed E-state index contributed by atoms with van der Waals surface area (Å²) >= 11 is 0. The number of allylic oxidation sites excluding steroid dienone is 2. The molecule has 0 fully saturated rings. The quantitative estimate of drug-likeness (QED) is 0.657. The highest BCUT2D eigenvalue weighted by molar-refractivity contribution is 5.61. The highest BCUT2D eigenvalue weighted by Gasteiger charge is 2.27. The number of pyridine rings is 2. The largest absolute Gasteiger partial charge is 0.361 e. The van der Waals surface area contributed by atoms with E-state index in [9.17, 15) is 9.59 Å². The molecule has 4 nitrogen and oxygen atoms in total. The van der Waals surface area contributed by atoms with Crippen molar-refractivity contribution in [1.82, 2.24) is 9.97 Å². The number of rotatable bonds is 0. The highest BCUT2D eigenvalue weighted by atomic mass is 16.1. The van der Waals surface area contributed by atoms with Crippen LogP contribution in [0.15, 0.2) is 21.2 Å². The van der Waals surface area contributed by atoms with Gasteiger partial charge in [-0.15, -0.1) is 0 Å². The zero-order chi connectivity index (χ0) is 18.0. The first-order chi connectivity index (χ1) is 12.5. The molecule has 0 radical (unpaired) electrons. The first-order valence-electron chi connectivity index (χ1n) is 9.40. The van der Waals surface area contributed by atoms with E-state index < -0.39 is 0 Å². The summed E-state index contributed by atoms with van der Waals surface area (Å²) in [6.07, 6.45) is 9.84. The van der Waals surface area contributed by atoms with Gasteiger partial charge in [0, 0.05) is 57.9 Å². The molecule has 3 aliphatic carbocycles. The fraction of sp³-hybridized carbons (Fsp3) is 0.364. The number of aryl methyl sites for hydroxylation is 1. The molecule has 0 saturated carbocycles. The van der Waals surface area contributed by atoms with Crippen molar-refractivity contribution in [2.75, 3.05) is 0 Å². The van der Waals surface area contributed by atoms with Crippen molar-refractivity contribution >= 4 is 12.2 Å². The fourth-order valence-corrected chi connectivity index (χ4v) is 4.53. The highest BCUT2D eigenvalue weighted by Crippen LogP contribution is 2.28. The number of H-pyrrole nitrogens is 2. The average Bonchev–Trinajstić information content (AvgIpc) is 2.63. The molecule has 0 aromatic carbocycles. The Labute approximate surface area is 151 Å². The summed E-state index contributed by atoms with van der Waals surface area (Å²) in [5, 5.41) is 0. The Balaban J connectivity index is 1.68. The maximum absolute atomic E-state index is 13.1.